The molecule has 0 spiro atoms. The van der Waals surface area contributed by atoms with Crippen LogP contribution in [0.25, 0.3) is 0 Å². The zero-order chi connectivity index (χ0) is 14.1. The molecule has 3 rings (SSSR count). The van der Waals surface area contributed by atoms with E-state index in [0.29, 0.717) is 23.7 Å². The second-order valence-electron chi connectivity index (χ2n) is 4.59. The Kier molecular flexibility index (Phi) is 3.06. The van der Waals surface area contributed by atoms with Crippen molar-refractivity contribution in [2.75, 3.05) is 19.5 Å². The number of aromatic amines is 1. The van der Waals surface area contributed by atoms with E-state index in [4.69, 9.17) is 9.47 Å². The van der Waals surface area contributed by atoms with Crippen molar-refractivity contribution in [3.8, 4) is 11.5 Å². The Bertz CT molecular complexity index is 651. The number of nitrogens with zero attached hydrogens (tertiary/aromatic N) is 1. The van der Waals surface area contributed by atoms with Crippen LogP contribution in [0, 0.1) is 0 Å². The molecule has 2 N–H and O–H groups in total. The highest BCUT2D eigenvalue weighted by Crippen LogP contribution is 2.43. The summed E-state index contributed by atoms with van der Waals surface area (Å²) >= 11 is 0. The summed E-state index contributed by atoms with van der Waals surface area (Å²) in [5, 5.41) is 9.58. The summed E-state index contributed by atoms with van der Waals surface area (Å²) in [6.45, 7) is 0. The Morgan fingerprint density at radius 2 is 2.10 bits per heavy atom. The minimum atomic E-state index is -0.0949. The molecule has 1 aromatic heterocycles. The fourth-order valence-electron chi connectivity index (χ4n) is 2.61. The van der Waals surface area contributed by atoms with Crippen LogP contribution in [0.5, 0.6) is 11.5 Å². The molecule has 0 bridgehead atoms. The van der Waals surface area contributed by atoms with Gasteiger partial charge in [-0.05, 0) is 6.07 Å². The monoisotopic (exact) mass is 273 g/mol. The average molecular weight is 273 g/mol. The molecule has 20 heavy (non-hydrogen) atoms. The summed E-state index contributed by atoms with van der Waals surface area (Å²) in [5.41, 5.74) is 1.88. The number of rotatable bonds is 3. The highest BCUT2D eigenvalue weighted by atomic mass is 16.5. The summed E-state index contributed by atoms with van der Waals surface area (Å²) < 4.78 is 10.8. The SMILES string of the molecule is COc1cccc([C@@H]2CC(=O)Nc3[nH]ncc32)c1OC. The molecule has 2 aromatic rings. The zero-order valence-electron chi connectivity index (χ0n) is 11.3. The van der Waals surface area contributed by atoms with Crippen molar-refractivity contribution >= 4 is 11.7 Å². The Hall–Kier alpha value is -2.50. The first kappa shape index (κ1) is 12.5. The predicted octanol–water partition coefficient (Wildman–Crippen LogP) is 1.90. The quantitative estimate of drug-likeness (QED) is 0.895. The predicted molar refractivity (Wildman–Crippen MR) is 73.2 cm³/mol. The molecule has 0 saturated carbocycles. The second kappa shape index (κ2) is 4.88. The first-order valence-electron chi connectivity index (χ1n) is 6.28. The van der Waals surface area contributed by atoms with Crippen molar-refractivity contribution in [1.82, 2.24) is 10.2 Å². The molecule has 0 saturated heterocycles. The van der Waals surface area contributed by atoms with Gasteiger partial charge in [-0.25, -0.2) is 0 Å². The number of fused-ring (bicyclic) bond motifs is 1. The van der Waals surface area contributed by atoms with Gasteiger partial charge in [0.05, 0.1) is 20.4 Å². The molecule has 0 unspecified atom stereocenters. The molecule has 6 nitrogen and oxygen atoms in total. The molecule has 1 aliphatic heterocycles. The van der Waals surface area contributed by atoms with Crippen LogP contribution in [-0.2, 0) is 4.79 Å². The lowest BCUT2D eigenvalue weighted by atomic mass is 9.86. The second-order valence-corrected chi connectivity index (χ2v) is 4.59. The number of amides is 1. The van der Waals surface area contributed by atoms with E-state index in [1.807, 2.05) is 18.2 Å². The fraction of sp³-hybridized carbons (Fsp3) is 0.286. The van der Waals surface area contributed by atoms with Crippen LogP contribution in [0.3, 0.4) is 0 Å². The van der Waals surface area contributed by atoms with E-state index in [1.54, 1.807) is 20.4 Å². The maximum absolute atomic E-state index is 11.8. The molecule has 1 aromatic carbocycles. The van der Waals surface area contributed by atoms with Crippen LogP contribution in [0.2, 0.25) is 0 Å². The lowest BCUT2D eigenvalue weighted by Gasteiger charge is -2.24. The van der Waals surface area contributed by atoms with E-state index in [1.165, 1.54) is 0 Å². The molecule has 1 aliphatic rings. The third-order valence-corrected chi connectivity index (χ3v) is 3.51. The van der Waals surface area contributed by atoms with Gasteiger partial charge >= 0.3 is 0 Å². The standard InChI is InChI=1S/C14H15N3O3/c1-19-11-5-3-4-8(13(11)20-2)9-6-12(18)16-14-10(9)7-15-17-14/h3-5,7,9H,6H2,1-2H3,(H2,15,16,17,18)/t9-/m0/s1. The first-order valence-corrected chi connectivity index (χ1v) is 6.28. The number of anilines is 1. The van der Waals surface area contributed by atoms with Crippen LogP contribution < -0.4 is 14.8 Å². The van der Waals surface area contributed by atoms with Gasteiger partial charge in [-0.3, -0.25) is 9.89 Å². The van der Waals surface area contributed by atoms with Crippen LogP contribution in [0.4, 0.5) is 5.82 Å². The summed E-state index contributed by atoms with van der Waals surface area (Å²) in [6, 6.07) is 5.67. The Labute approximate surface area is 116 Å². The first-order chi connectivity index (χ1) is 9.74. The lowest BCUT2D eigenvalue weighted by molar-refractivity contribution is -0.116. The van der Waals surface area contributed by atoms with Gasteiger partial charge in [0.1, 0.15) is 5.82 Å². The largest absolute Gasteiger partial charge is 0.493 e. The summed E-state index contributed by atoms with van der Waals surface area (Å²) in [7, 11) is 3.19. The normalized spacial score (nSPS) is 17.3. The molecule has 1 amide bonds. The van der Waals surface area contributed by atoms with Gasteiger partial charge < -0.3 is 14.8 Å². The molecular formula is C14H15N3O3. The minimum Gasteiger partial charge on any atom is -0.493 e. The van der Waals surface area contributed by atoms with E-state index in [2.05, 4.69) is 15.5 Å². The van der Waals surface area contributed by atoms with Crippen molar-refractivity contribution in [2.24, 2.45) is 0 Å². The van der Waals surface area contributed by atoms with Crippen LogP contribution in [0.15, 0.2) is 24.4 Å². The number of para-hydroxylation sites is 1. The van der Waals surface area contributed by atoms with Crippen molar-refractivity contribution in [2.45, 2.75) is 12.3 Å². The van der Waals surface area contributed by atoms with Crippen LogP contribution in [0.1, 0.15) is 23.5 Å². The van der Waals surface area contributed by atoms with Crippen molar-refractivity contribution in [3.63, 3.8) is 0 Å². The molecule has 6 heteroatoms. The summed E-state index contributed by atoms with van der Waals surface area (Å²) in [6.07, 6.45) is 2.09. The lowest BCUT2D eigenvalue weighted by Crippen LogP contribution is -2.23. The number of nitrogens with one attached hydrogen (secondary N) is 2. The Morgan fingerprint density at radius 1 is 1.25 bits per heavy atom. The molecule has 0 aliphatic carbocycles. The Morgan fingerprint density at radius 3 is 2.85 bits per heavy atom. The molecule has 0 radical (unpaired) electrons. The van der Waals surface area contributed by atoms with Crippen molar-refractivity contribution < 1.29 is 14.3 Å². The third kappa shape index (κ3) is 1.89. The number of carbonyl (C=O) groups excluding carboxylic acids is 1. The number of hydrogen-bond acceptors (Lipinski definition) is 4. The smallest absolute Gasteiger partial charge is 0.226 e. The number of benzene rings is 1. The van der Waals surface area contributed by atoms with E-state index in [-0.39, 0.29) is 11.8 Å². The van der Waals surface area contributed by atoms with E-state index in [0.717, 1.165) is 11.1 Å². The molecule has 2 heterocycles. The van der Waals surface area contributed by atoms with E-state index >= 15 is 0 Å². The highest BCUT2D eigenvalue weighted by molar-refractivity contribution is 5.94. The highest BCUT2D eigenvalue weighted by Gasteiger charge is 2.30. The average Bonchev–Trinajstić information content (AvgIpc) is 2.93. The minimum absolute atomic E-state index is 0.0448. The molecule has 0 fully saturated rings. The maximum atomic E-state index is 11.8. The topological polar surface area (TPSA) is 76.2 Å². The van der Waals surface area contributed by atoms with Gasteiger partial charge in [0, 0.05) is 23.5 Å². The van der Waals surface area contributed by atoms with Crippen molar-refractivity contribution in [1.29, 1.82) is 0 Å². The number of methoxy groups -OCH3 is 2. The Balaban J connectivity index is 2.13. The summed E-state index contributed by atoms with van der Waals surface area (Å²) in [5.74, 6) is 1.82. The van der Waals surface area contributed by atoms with Gasteiger partial charge in [0.15, 0.2) is 11.5 Å². The summed E-state index contributed by atoms with van der Waals surface area (Å²) in [4.78, 5) is 11.8. The number of aromatic nitrogens is 2. The van der Waals surface area contributed by atoms with Gasteiger partial charge in [-0.2, -0.15) is 5.10 Å². The fourth-order valence-corrected chi connectivity index (χ4v) is 2.61. The zero-order valence-corrected chi connectivity index (χ0v) is 11.3. The van der Waals surface area contributed by atoms with Crippen molar-refractivity contribution in [3.05, 3.63) is 35.5 Å². The number of carbonyl (C=O) groups is 1. The van der Waals surface area contributed by atoms with Gasteiger partial charge in [-0.15, -0.1) is 0 Å². The third-order valence-electron chi connectivity index (χ3n) is 3.51. The number of ether oxygens (including phenoxy) is 2. The van der Waals surface area contributed by atoms with Crippen LogP contribution in [-0.4, -0.2) is 30.3 Å². The van der Waals surface area contributed by atoms with Gasteiger partial charge in [-0.1, -0.05) is 12.1 Å². The van der Waals surface area contributed by atoms with E-state index < -0.39 is 0 Å². The molecule has 104 valence electrons. The van der Waals surface area contributed by atoms with Gasteiger partial charge in [0.25, 0.3) is 0 Å². The molecule has 1 atom stereocenters. The van der Waals surface area contributed by atoms with Crippen LogP contribution >= 0.6 is 0 Å². The van der Waals surface area contributed by atoms with Gasteiger partial charge in [0.2, 0.25) is 5.91 Å². The number of H-pyrrole nitrogens is 1. The number of hydrogen-bond donors (Lipinski definition) is 2. The maximum Gasteiger partial charge on any atom is 0.226 e. The molecular weight excluding hydrogens is 258 g/mol. The van der Waals surface area contributed by atoms with E-state index in [9.17, 15) is 4.79 Å².